The number of aliphatic carboxylic acids is 2. The maximum Gasteiger partial charge on any atom is 0.314 e. The normalized spacial score (nSPS) is 31.0. The minimum Gasteiger partial charge on any atom is -0.481 e. The number of rotatable bonds is 2. The Bertz CT molecular complexity index is 340. The Hall–Kier alpha value is -1.58. The molecule has 0 aromatic heterocycles. The highest BCUT2D eigenvalue weighted by Crippen LogP contribution is 2.37. The first-order valence-corrected chi connectivity index (χ1v) is 4.22. The van der Waals surface area contributed by atoms with Crippen molar-refractivity contribution in [2.24, 2.45) is 11.3 Å². The van der Waals surface area contributed by atoms with E-state index < -0.39 is 23.3 Å². The van der Waals surface area contributed by atoms with Crippen molar-refractivity contribution >= 4 is 11.9 Å². The van der Waals surface area contributed by atoms with Crippen LogP contribution in [0.5, 0.6) is 0 Å². The van der Waals surface area contributed by atoms with Crippen molar-refractivity contribution in [2.45, 2.75) is 13.8 Å². The van der Waals surface area contributed by atoms with Crippen LogP contribution in [0, 0.1) is 11.3 Å². The zero-order valence-electron chi connectivity index (χ0n) is 8.02. The Morgan fingerprint density at radius 2 is 2.00 bits per heavy atom. The number of carboxylic acid groups (broad SMARTS) is 2. The number of carboxylic acids is 2. The lowest BCUT2D eigenvalue weighted by molar-refractivity contribution is -0.156. The number of hydrogen-bond acceptors (Lipinski definition) is 2. The molecule has 1 rings (SSSR count). The van der Waals surface area contributed by atoms with E-state index in [-0.39, 0.29) is 0 Å². The average molecular weight is 196 g/mol. The Morgan fingerprint density at radius 1 is 1.43 bits per heavy atom. The second-order valence-electron chi connectivity index (χ2n) is 3.63. The standard InChI is InChI=1S/C10H12O4/c1-6-4-3-5-10(2,9(13)14)7(6)8(11)12/h3-5,7H,1-2H3,(H,11,12)(H,13,14). The van der Waals surface area contributed by atoms with Gasteiger partial charge < -0.3 is 10.2 Å². The first kappa shape index (κ1) is 10.5. The number of hydrogen-bond donors (Lipinski definition) is 2. The summed E-state index contributed by atoms with van der Waals surface area (Å²) in [6.45, 7) is 3.05. The van der Waals surface area contributed by atoms with Crippen LogP contribution >= 0.6 is 0 Å². The molecule has 0 fully saturated rings. The predicted molar refractivity (Wildman–Crippen MR) is 49.8 cm³/mol. The molecule has 1 aliphatic carbocycles. The molecule has 0 spiro atoms. The Balaban J connectivity index is 3.20. The van der Waals surface area contributed by atoms with Crippen molar-refractivity contribution in [1.82, 2.24) is 0 Å². The van der Waals surface area contributed by atoms with Crippen molar-refractivity contribution < 1.29 is 19.8 Å². The molecule has 0 saturated heterocycles. The molecular formula is C10H12O4. The van der Waals surface area contributed by atoms with Crippen LogP contribution in [0.25, 0.3) is 0 Å². The quantitative estimate of drug-likeness (QED) is 0.697. The van der Waals surface area contributed by atoms with E-state index in [1.807, 2.05) is 0 Å². The molecule has 76 valence electrons. The molecular weight excluding hydrogens is 184 g/mol. The van der Waals surface area contributed by atoms with E-state index in [4.69, 9.17) is 10.2 Å². The van der Waals surface area contributed by atoms with Crippen molar-refractivity contribution in [3.8, 4) is 0 Å². The third-order valence-electron chi connectivity index (χ3n) is 2.56. The fraction of sp³-hybridized carbons (Fsp3) is 0.400. The summed E-state index contributed by atoms with van der Waals surface area (Å²) >= 11 is 0. The molecule has 2 atom stereocenters. The zero-order chi connectivity index (χ0) is 10.9. The van der Waals surface area contributed by atoms with Gasteiger partial charge in [-0.1, -0.05) is 23.8 Å². The van der Waals surface area contributed by atoms with Gasteiger partial charge in [-0.05, 0) is 13.8 Å². The van der Waals surface area contributed by atoms with Gasteiger partial charge in [-0.2, -0.15) is 0 Å². The summed E-state index contributed by atoms with van der Waals surface area (Å²) in [5, 5.41) is 17.9. The van der Waals surface area contributed by atoms with E-state index in [0.29, 0.717) is 5.57 Å². The van der Waals surface area contributed by atoms with Gasteiger partial charge in [0.2, 0.25) is 0 Å². The van der Waals surface area contributed by atoms with Crippen molar-refractivity contribution in [3.63, 3.8) is 0 Å². The lowest BCUT2D eigenvalue weighted by Gasteiger charge is -2.30. The van der Waals surface area contributed by atoms with Gasteiger partial charge in [0.1, 0.15) is 5.41 Å². The molecule has 0 saturated carbocycles. The Kier molecular flexibility index (Phi) is 2.47. The summed E-state index contributed by atoms with van der Waals surface area (Å²) in [4.78, 5) is 21.9. The summed E-state index contributed by atoms with van der Waals surface area (Å²) in [7, 11) is 0. The van der Waals surface area contributed by atoms with Crippen LogP contribution in [-0.4, -0.2) is 22.2 Å². The zero-order valence-corrected chi connectivity index (χ0v) is 8.02. The lowest BCUT2D eigenvalue weighted by atomic mass is 9.71. The maximum atomic E-state index is 11.0. The minimum absolute atomic E-state index is 0.560. The topological polar surface area (TPSA) is 74.6 Å². The van der Waals surface area contributed by atoms with Crippen molar-refractivity contribution in [3.05, 3.63) is 23.8 Å². The van der Waals surface area contributed by atoms with Gasteiger partial charge in [0, 0.05) is 0 Å². The second-order valence-corrected chi connectivity index (χ2v) is 3.63. The summed E-state index contributed by atoms with van der Waals surface area (Å²) in [6, 6.07) is 0. The molecule has 0 aliphatic heterocycles. The number of carbonyl (C=O) groups is 2. The van der Waals surface area contributed by atoms with E-state index >= 15 is 0 Å². The molecule has 0 heterocycles. The summed E-state index contributed by atoms with van der Waals surface area (Å²) in [5.74, 6) is -3.20. The van der Waals surface area contributed by atoms with E-state index in [2.05, 4.69) is 0 Å². The summed E-state index contributed by atoms with van der Waals surface area (Å²) in [6.07, 6.45) is 4.63. The molecule has 0 radical (unpaired) electrons. The fourth-order valence-electron chi connectivity index (χ4n) is 1.71. The summed E-state index contributed by atoms with van der Waals surface area (Å²) in [5.41, 5.74) is -0.782. The Morgan fingerprint density at radius 3 is 2.36 bits per heavy atom. The molecule has 0 bridgehead atoms. The van der Waals surface area contributed by atoms with E-state index in [1.165, 1.54) is 13.0 Å². The minimum atomic E-state index is -1.34. The van der Waals surface area contributed by atoms with Gasteiger partial charge >= 0.3 is 11.9 Å². The highest BCUT2D eigenvalue weighted by Gasteiger charge is 2.45. The van der Waals surface area contributed by atoms with Crippen LogP contribution in [0.2, 0.25) is 0 Å². The second kappa shape index (κ2) is 3.29. The van der Waals surface area contributed by atoms with Crippen LogP contribution in [0.3, 0.4) is 0 Å². The monoisotopic (exact) mass is 196 g/mol. The van der Waals surface area contributed by atoms with Crippen LogP contribution < -0.4 is 0 Å². The SMILES string of the molecule is CC1=CC=CC(C)(C(=O)O)C1C(=O)O. The van der Waals surface area contributed by atoms with Gasteiger partial charge in [-0.15, -0.1) is 0 Å². The molecule has 2 unspecified atom stereocenters. The third-order valence-corrected chi connectivity index (χ3v) is 2.56. The molecule has 2 N–H and O–H groups in total. The highest BCUT2D eigenvalue weighted by atomic mass is 16.4. The fourth-order valence-corrected chi connectivity index (χ4v) is 1.71. The van der Waals surface area contributed by atoms with E-state index in [0.717, 1.165) is 0 Å². The van der Waals surface area contributed by atoms with Crippen LogP contribution in [0.15, 0.2) is 23.8 Å². The first-order chi connectivity index (χ1) is 6.39. The van der Waals surface area contributed by atoms with Gasteiger partial charge in [0.05, 0.1) is 5.92 Å². The van der Waals surface area contributed by atoms with Crippen molar-refractivity contribution in [2.75, 3.05) is 0 Å². The van der Waals surface area contributed by atoms with Crippen LogP contribution in [-0.2, 0) is 9.59 Å². The molecule has 0 amide bonds. The van der Waals surface area contributed by atoms with Gasteiger partial charge in [-0.3, -0.25) is 9.59 Å². The first-order valence-electron chi connectivity index (χ1n) is 4.22. The summed E-state index contributed by atoms with van der Waals surface area (Å²) < 4.78 is 0. The molecule has 4 heteroatoms. The van der Waals surface area contributed by atoms with E-state index in [9.17, 15) is 9.59 Å². The van der Waals surface area contributed by atoms with E-state index in [1.54, 1.807) is 19.1 Å². The van der Waals surface area contributed by atoms with Crippen LogP contribution in [0.4, 0.5) is 0 Å². The lowest BCUT2D eigenvalue weighted by Crippen LogP contribution is -2.40. The molecule has 14 heavy (non-hydrogen) atoms. The van der Waals surface area contributed by atoms with Gasteiger partial charge in [-0.25, -0.2) is 0 Å². The average Bonchev–Trinajstić information content (AvgIpc) is 2.02. The van der Waals surface area contributed by atoms with Crippen molar-refractivity contribution in [1.29, 1.82) is 0 Å². The predicted octanol–water partition coefficient (Wildman–Crippen LogP) is 1.29. The van der Waals surface area contributed by atoms with Crippen LogP contribution in [0.1, 0.15) is 13.8 Å². The number of allylic oxidation sites excluding steroid dienone is 2. The van der Waals surface area contributed by atoms with Gasteiger partial charge in [0.15, 0.2) is 0 Å². The molecule has 1 aliphatic rings. The smallest absolute Gasteiger partial charge is 0.314 e. The highest BCUT2D eigenvalue weighted by molar-refractivity contribution is 5.87. The molecule has 4 nitrogen and oxygen atoms in total. The third kappa shape index (κ3) is 1.43. The maximum absolute atomic E-state index is 11.0. The van der Waals surface area contributed by atoms with Gasteiger partial charge in [0.25, 0.3) is 0 Å². The molecule has 0 aromatic carbocycles. The largest absolute Gasteiger partial charge is 0.481 e. The Labute approximate surface area is 81.6 Å². The molecule has 0 aromatic rings.